The minimum atomic E-state index is -3.88. The molecule has 1 aromatic carbocycles. The van der Waals surface area contributed by atoms with Gasteiger partial charge in [0.25, 0.3) is 10.0 Å². The number of anilines is 2. The Morgan fingerprint density at radius 2 is 2.05 bits per heavy atom. The Kier molecular flexibility index (Phi) is 4.72. The summed E-state index contributed by atoms with van der Waals surface area (Å²) in [6.07, 6.45) is 1.44. The molecule has 0 amide bonds. The second-order valence-corrected chi connectivity index (χ2v) is 7.21. The number of benzene rings is 1. The maximum Gasteiger partial charge on any atom is 0.265 e. The zero-order chi connectivity index (χ0) is 15.6. The summed E-state index contributed by atoms with van der Waals surface area (Å²) < 4.78 is 27.8. The van der Waals surface area contributed by atoms with E-state index < -0.39 is 10.0 Å². The van der Waals surface area contributed by atoms with Crippen LogP contribution in [0.1, 0.15) is 5.56 Å². The van der Waals surface area contributed by atoms with Gasteiger partial charge in [0.2, 0.25) is 0 Å². The molecule has 112 valence electrons. The van der Waals surface area contributed by atoms with Crippen LogP contribution in [0.25, 0.3) is 0 Å². The summed E-state index contributed by atoms with van der Waals surface area (Å²) in [6, 6.07) is 6.41. The van der Waals surface area contributed by atoms with Crippen molar-refractivity contribution in [3.8, 4) is 0 Å². The van der Waals surface area contributed by atoms with Gasteiger partial charge in [-0.3, -0.25) is 4.72 Å². The van der Waals surface area contributed by atoms with Crippen LogP contribution in [-0.2, 0) is 10.0 Å². The second-order valence-electron chi connectivity index (χ2n) is 4.23. The van der Waals surface area contributed by atoms with Crippen molar-refractivity contribution in [3.63, 3.8) is 0 Å². The molecule has 1 aromatic heterocycles. The van der Waals surface area contributed by atoms with Crippen LogP contribution in [0, 0.1) is 6.92 Å². The number of hydrogen-bond acceptors (Lipinski definition) is 5. The number of pyridine rings is 1. The van der Waals surface area contributed by atoms with Crippen LogP contribution in [0.15, 0.2) is 39.8 Å². The van der Waals surface area contributed by atoms with E-state index in [9.17, 15) is 8.42 Å². The number of sulfonamides is 1. The van der Waals surface area contributed by atoms with E-state index in [4.69, 9.17) is 17.4 Å². The highest BCUT2D eigenvalue weighted by Crippen LogP contribution is 2.28. The number of aryl methyl sites for hydroxylation is 1. The fourth-order valence-corrected chi connectivity index (χ4v) is 3.68. The van der Waals surface area contributed by atoms with Crippen molar-refractivity contribution in [1.82, 2.24) is 4.98 Å². The standard InChI is InChI=1S/C12H12BrClN4O2S/c1-7-2-3-10(9(14)4-7)18-21(19,20)11-5-8(13)6-16-12(11)17-15/h2-6,18H,15H2,1H3,(H,16,17). The lowest BCUT2D eigenvalue weighted by Gasteiger charge is -2.12. The highest BCUT2D eigenvalue weighted by atomic mass is 79.9. The molecule has 0 saturated heterocycles. The Labute approximate surface area is 135 Å². The predicted molar refractivity (Wildman–Crippen MR) is 86.7 cm³/mol. The summed E-state index contributed by atoms with van der Waals surface area (Å²) >= 11 is 9.21. The first-order valence-electron chi connectivity index (χ1n) is 5.74. The van der Waals surface area contributed by atoms with E-state index in [0.717, 1.165) is 5.56 Å². The summed E-state index contributed by atoms with van der Waals surface area (Å²) in [5.41, 5.74) is 3.46. The average Bonchev–Trinajstić information content (AvgIpc) is 2.42. The molecule has 9 heteroatoms. The van der Waals surface area contributed by atoms with Crippen molar-refractivity contribution < 1.29 is 8.42 Å². The molecule has 2 rings (SSSR count). The molecule has 1 heterocycles. The number of nitrogens with one attached hydrogen (secondary N) is 2. The van der Waals surface area contributed by atoms with Crippen molar-refractivity contribution in [2.45, 2.75) is 11.8 Å². The molecule has 0 bridgehead atoms. The molecular weight excluding hydrogens is 380 g/mol. The monoisotopic (exact) mass is 390 g/mol. The fraction of sp³-hybridized carbons (Fsp3) is 0.0833. The highest BCUT2D eigenvalue weighted by molar-refractivity contribution is 9.10. The third-order valence-corrected chi connectivity index (χ3v) is 4.74. The van der Waals surface area contributed by atoms with Crippen LogP contribution in [0.3, 0.4) is 0 Å². The molecule has 0 atom stereocenters. The Balaban J connectivity index is 2.45. The van der Waals surface area contributed by atoms with Crippen LogP contribution < -0.4 is 16.0 Å². The first-order chi connectivity index (χ1) is 9.83. The average molecular weight is 392 g/mol. The molecule has 0 radical (unpaired) electrons. The first kappa shape index (κ1) is 16.0. The van der Waals surface area contributed by atoms with E-state index in [1.165, 1.54) is 12.3 Å². The summed E-state index contributed by atoms with van der Waals surface area (Å²) in [5.74, 6) is 5.33. The summed E-state index contributed by atoms with van der Waals surface area (Å²) in [6.45, 7) is 1.86. The van der Waals surface area contributed by atoms with Crippen molar-refractivity contribution >= 4 is 49.1 Å². The zero-order valence-corrected chi connectivity index (χ0v) is 14.1. The van der Waals surface area contributed by atoms with Crippen LogP contribution in [0.5, 0.6) is 0 Å². The van der Waals surface area contributed by atoms with Crippen LogP contribution in [0.2, 0.25) is 5.02 Å². The fourth-order valence-electron chi connectivity index (χ4n) is 1.64. The Bertz CT molecular complexity index is 783. The summed E-state index contributed by atoms with van der Waals surface area (Å²) in [7, 11) is -3.88. The van der Waals surface area contributed by atoms with Gasteiger partial charge in [0.15, 0.2) is 5.82 Å². The predicted octanol–water partition coefficient (Wildman–Crippen LogP) is 2.89. The number of nitrogens with two attached hydrogens (primary N) is 1. The van der Waals surface area contributed by atoms with Crippen molar-refractivity contribution in [2.75, 3.05) is 10.1 Å². The van der Waals surface area contributed by atoms with Crippen LogP contribution in [0.4, 0.5) is 11.5 Å². The van der Waals surface area contributed by atoms with E-state index in [0.29, 0.717) is 9.50 Å². The highest BCUT2D eigenvalue weighted by Gasteiger charge is 2.21. The Hall–Kier alpha value is -1.35. The Morgan fingerprint density at radius 1 is 1.33 bits per heavy atom. The number of hydrazine groups is 1. The topological polar surface area (TPSA) is 97.1 Å². The van der Waals surface area contributed by atoms with E-state index in [-0.39, 0.29) is 16.4 Å². The van der Waals surface area contributed by atoms with E-state index in [1.54, 1.807) is 18.2 Å². The third-order valence-electron chi connectivity index (χ3n) is 2.61. The lowest BCUT2D eigenvalue weighted by atomic mass is 10.2. The zero-order valence-electron chi connectivity index (χ0n) is 10.9. The number of aromatic nitrogens is 1. The van der Waals surface area contributed by atoms with Crippen LogP contribution >= 0.6 is 27.5 Å². The molecule has 0 aliphatic heterocycles. The molecular formula is C12H12BrClN4O2S. The van der Waals surface area contributed by atoms with Gasteiger partial charge in [-0.25, -0.2) is 19.2 Å². The minimum absolute atomic E-state index is 0.0361. The molecule has 0 fully saturated rings. The quantitative estimate of drug-likeness (QED) is 0.550. The lowest BCUT2D eigenvalue weighted by Crippen LogP contribution is -2.18. The molecule has 4 N–H and O–H groups in total. The number of hydrogen-bond donors (Lipinski definition) is 3. The first-order valence-corrected chi connectivity index (χ1v) is 8.40. The summed E-state index contributed by atoms with van der Waals surface area (Å²) in [5, 5.41) is 0.309. The number of nitrogens with zero attached hydrogens (tertiary/aromatic N) is 1. The van der Waals surface area contributed by atoms with Crippen LogP contribution in [-0.4, -0.2) is 13.4 Å². The van der Waals surface area contributed by atoms with Gasteiger partial charge in [0.05, 0.1) is 10.7 Å². The van der Waals surface area contributed by atoms with Gasteiger partial charge in [-0.2, -0.15) is 0 Å². The van der Waals surface area contributed by atoms with Crippen molar-refractivity contribution in [2.24, 2.45) is 5.84 Å². The van der Waals surface area contributed by atoms with E-state index >= 15 is 0 Å². The van der Waals surface area contributed by atoms with E-state index in [1.807, 2.05) is 6.92 Å². The van der Waals surface area contributed by atoms with Gasteiger partial charge in [0, 0.05) is 10.7 Å². The van der Waals surface area contributed by atoms with Gasteiger partial charge in [-0.15, -0.1) is 0 Å². The number of nitrogen functional groups attached to an aromatic ring is 1. The van der Waals surface area contributed by atoms with Gasteiger partial charge in [0.1, 0.15) is 4.90 Å². The molecule has 0 aliphatic carbocycles. The Morgan fingerprint density at radius 3 is 2.67 bits per heavy atom. The molecule has 0 saturated carbocycles. The molecule has 0 aliphatic rings. The molecule has 2 aromatic rings. The largest absolute Gasteiger partial charge is 0.307 e. The maximum atomic E-state index is 12.4. The number of rotatable bonds is 4. The molecule has 21 heavy (non-hydrogen) atoms. The minimum Gasteiger partial charge on any atom is -0.307 e. The lowest BCUT2D eigenvalue weighted by molar-refractivity contribution is 0.601. The van der Waals surface area contributed by atoms with Gasteiger partial charge in [-0.1, -0.05) is 17.7 Å². The van der Waals surface area contributed by atoms with Gasteiger partial charge in [-0.05, 0) is 46.6 Å². The molecule has 6 nitrogen and oxygen atoms in total. The van der Waals surface area contributed by atoms with Gasteiger partial charge >= 0.3 is 0 Å². The maximum absolute atomic E-state index is 12.4. The molecule has 0 unspecified atom stereocenters. The van der Waals surface area contributed by atoms with Crippen molar-refractivity contribution in [3.05, 3.63) is 45.5 Å². The number of halogens is 2. The van der Waals surface area contributed by atoms with Gasteiger partial charge < -0.3 is 5.43 Å². The SMILES string of the molecule is Cc1ccc(NS(=O)(=O)c2cc(Br)cnc2NN)c(Cl)c1. The smallest absolute Gasteiger partial charge is 0.265 e. The third kappa shape index (κ3) is 3.65. The molecule has 0 spiro atoms. The normalized spacial score (nSPS) is 11.2. The summed E-state index contributed by atoms with van der Waals surface area (Å²) in [4.78, 5) is 3.82. The van der Waals surface area contributed by atoms with E-state index in [2.05, 4.69) is 31.1 Å². The van der Waals surface area contributed by atoms with Crippen molar-refractivity contribution in [1.29, 1.82) is 0 Å². The second kappa shape index (κ2) is 6.18.